The molecule has 0 spiro atoms. The average Bonchev–Trinajstić information content (AvgIpc) is 2.84. The Labute approximate surface area is 97.7 Å². The number of nitrogens with zero attached hydrogens (tertiary/aromatic N) is 2. The second-order valence-corrected chi connectivity index (χ2v) is 5.00. The van der Waals surface area contributed by atoms with E-state index in [-0.39, 0.29) is 16.9 Å². The van der Waals surface area contributed by atoms with Gasteiger partial charge in [0.05, 0.1) is 0 Å². The minimum Gasteiger partial charge on any atom is -0.369 e. The lowest BCUT2D eigenvalue weighted by Crippen LogP contribution is -2.18. The number of rotatable bonds is 1. The van der Waals surface area contributed by atoms with Gasteiger partial charge in [0.2, 0.25) is 5.95 Å². The maximum absolute atomic E-state index is 11.7. The second kappa shape index (κ2) is 3.32. The Hall–Kier alpha value is -1.85. The van der Waals surface area contributed by atoms with Crippen LogP contribution < -0.4 is 11.3 Å². The van der Waals surface area contributed by atoms with E-state index in [1.54, 1.807) is 0 Å². The van der Waals surface area contributed by atoms with Crippen molar-refractivity contribution >= 4 is 17.1 Å². The van der Waals surface area contributed by atoms with E-state index in [1.165, 1.54) is 12.8 Å². The highest BCUT2D eigenvalue weighted by molar-refractivity contribution is 5.70. The molecule has 0 radical (unpaired) electrons. The molecule has 0 aromatic carbocycles. The number of aromatic nitrogens is 4. The summed E-state index contributed by atoms with van der Waals surface area (Å²) in [5.74, 6) is 0.964. The minimum atomic E-state index is -0.257. The fourth-order valence-electron chi connectivity index (χ4n) is 2.60. The van der Waals surface area contributed by atoms with Crippen molar-refractivity contribution in [1.82, 2.24) is 19.9 Å². The Morgan fingerprint density at radius 2 is 1.94 bits per heavy atom. The maximum Gasteiger partial charge on any atom is 0.278 e. The summed E-state index contributed by atoms with van der Waals surface area (Å²) in [6, 6.07) is 0. The van der Waals surface area contributed by atoms with Gasteiger partial charge in [0, 0.05) is 5.41 Å². The molecular formula is C11H15N5O. The largest absolute Gasteiger partial charge is 0.369 e. The topological polar surface area (TPSA) is 100 Å². The lowest BCUT2D eigenvalue weighted by molar-refractivity contribution is 0.464. The molecule has 2 aromatic heterocycles. The van der Waals surface area contributed by atoms with Crippen LogP contribution in [0.4, 0.5) is 5.95 Å². The number of nitrogens with one attached hydrogen (secondary N) is 2. The predicted octanol–water partition coefficient (Wildman–Crippen LogP) is 1.06. The highest BCUT2D eigenvalue weighted by Crippen LogP contribution is 2.39. The van der Waals surface area contributed by atoms with Gasteiger partial charge < -0.3 is 10.7 Å². The van der Waals surface area contributed by atoms with Gasteiger partial charge in [-0.2, -0.15) is 4.98 Å². The summed E-state index contributed by atoms with van der Waals surface area (Å²) in [7, 11) is 0. The summed E-state index contributed by atoms with van der Waals surface area (Å²) < 4.78 is 0. The molecule has 1 aliphatic carbocycles. The molecule has 1 saturated carbocycles. The SMILES string of the molecule is CC1(c2nc3nc(N)[nH]c(=O)c3[nH]2)CCCC1. The molecule has 0 saturated heterocycles. The first-order valence-corrected chi connectivity index (χ1v) is 5.84. The van der Waals surface area contributed by atoms with E-state index >= 15 is 0 Å². The molecule has 0 amide bonds. The van der Waals surface area contributed by atoms with Gasteiger partial charge in [-0.05, 0) is 12.8 Å². The number of imidazole rings is 1. The zero-order valence-corrected chi connectivity index (χ0v) is 9.71. The van der Waals surface area contributed by atoms with Crippen molar-refractivity contribution in [3.05, 3.63) is 16.2 Å². The van der Waals surface area contributed by atoms with Crippen LogP contribution >= 0.6 is 0 Å². The van der Waals surface area contributed by atoms with Crippen LogP contribution in [0.1, 0.15) is 38.4 Å². The Morgan fingerprint density at radius 3 is 2.65 bits per heavy atom. The highest BCUT2D eigenvalue weighted by Gasteiger charge is 2.33. The lowest BCUT2D eigenvalue weighted by atomic mass is 9.88. The van der Waals surface area contributed by atoms with Gasteiger partial charge >= 0.3 is 0 Å². The van der Waals surface area contributed by atoms with Crippen LogP contribution in [0, 0.1) is 0 Å². The third-order valence-electron chi connectivity index (χ3n) is 3.66. The molecule has 4 N–H and O–H groups in total. The van der Waals surface area contributed by atoms with Crippen molar-refractivity contribution in [2.45, 2.75) is 38.0 Å². The predicted molar refractivity (Wildman–Crippen MR) is 64.7 cm³/mol. The van der Waals surface area contributed by atoms with Crippen LogP contribution in [0.5, 0.6) is 0 Å². The first kappa shape index (κ1) is 10.3. The van der Waals surface area contributed by atoms with Crippen molar-refractivity contribution in [3.63, 3.8) is 0 Å². The zero-order chi connectivity index (χ0) is 12.0. The molecule has 2 aromatic rings. The van der Waals surface area contributed by atoms with Gasteiger partial charge in [-0.1, -0.05) is 19.8 Å². The molecule has 0 atom stereocenters. The molecule has 90 valence electrons. The first-order valence-electron chi connectivity index (χ1n) is 5.84. The molecule has 0 unspecified atom stereocenters. The van der Waals surface area contributed by atoms with Gasteiger partial charge in [0.25, 0.3) is 5.56 Å². The third-order valence-corrected chi connectivity index (χ3v) is 3.66. The number of H-pyrrole nitrogens is 2. The molecule has 17 heavy (non-hydrogen) atoms. The van der Waals surface area contributed by atoms with E-state index in [0.717, 1.165) is 18.7 Å². The van der Waals surface area contributed by atoms with Crippen molar-refractivity contribution in [1.29, 1.82) is 0 Å². The van der Waals surface area contributed by atoms with Crippen molar-refractivity contribution in [3.8, 4) is 0 Å². The van der Waals surface area contributed by atoms with E-state index in [1.807, 2.05) is 0 Å². The van der Waals surface area contributed by atoms with E-state index < -0.39 is 0 Å². The highest BCUT2D eigenvalue weighted by atomic mass is 16.1. The standard InChI is InChI=1S/C11H15N5O/c1-11(4-2-3-5-11)9-13-6-7(14-9)15-10(12)16-8(6)17/h2-5H2,1H3,(H4,12,13,14,15,16,17). The molecule has 1 aliphatic rings. The van der Waals surface area contributed by atoms with E-state index in [9.17, 15) is 4.79 Å². The monoisotopic (exact) mass is 233 g/mol. The van der Waals surface area contributed by atoms with Crippen molar-refractivity contribution < 1.29 is 0 Å². The molecule has 3 rings (SSSR count). The van der Waals surface area contributed by atoms with Crippen LogP contribution in [0.25, 0.3) is 11.2 Å². The van der Waals surface area contributed by atoms with E-state index in [2.05, 4.69) is 26.9 Å². The zero-order valence-electron chi connectivity index (χ0n) is 9.71. The van der Waals surface area contributed by atoms with Gasteiger partial charge in [0.1, 0.15) is 5.82 Å². The first-order chi connectivity index (χ1) is 8.08. The Bertz CT molecular complexity index is 620. The number of fused-ring (bicyclic) bond motifs is 1. The fraction of sp³-hybridized carbons (Fsp3) is 0.545. The summed E-state index contributed by atoms with van der Waals surface area (Å²) in [6.07, 6.45) is 4.61. The molecule has 1 fully saturated rings. The van der Waals surface area contributed by atoms with Gasteiger partial charge in [0.15, 0.2) is 11.2 Å². The number of hydrogen-bond acceptors (Lipinski definition) is 4. The van der Waals surface area contributed by atoms with Crippen molar-refractivity contribution in [2.24, 2.45) is 0 Å². The lowest BCUT2D eigenvalue weighted by Gasteiger charge is -2.19. The van der Waals surface area contributed by atoms with Gasteiger partial charge in [-0.25, -0.2) is 4.98 Å². The molecule has 2 heterocycles. The number of nitrogen functional groups attached to an aromatic ring is 1. The molecule has 0 aliphatic heterocycles. The summed E-state index contributed by atoms with van der Waals surface area (Å²) in [6.45, 7) is 2.18. The minimum absolute atomic E-state index is 0.0436. The quantitative estimate of drug-likeness (QED) is 0.685. The molecular weight excluding hydrogens is 218 g/mol. The summed E-state index contributed by atoms with van der Waals surface area (Å²) >= 11 is 0. The van der Waals surface area contributed by atoms with Crippen molar-refractivity contribution in [2.75, 3.05) is 5.73 Å². The Balaban J connectivity index is 2.20. The normalized spacial score (nSPS) is 18.9. The number of anilines is 1. The van der Waals surface area contributed by atoms with Crippen LogP contribution in [0.2, 0.25) is 0 Å². The smallest absolute Gasteiger partial charge is 0.278 e. The Kier molecular flexibility index (Phi) is 2.01. The number of nitrogens with two attached hydrogens (primary N) is 1. The van der Waals surface area contributed by atoms with Gasteiger partial charge in [-0.15, -0.1) is 0 Å². The van der Waals surface area contributed by atoms with Gasteiger partial charge in [-0.3, -0.25) is 9.78 Å². The number of hydrogen-bond donors (Lipinski definition) is 3. The van der Waals surface area contributed by atoms with Crippen LogP contribution in [0.3, 0.4) is 0 Å². The van der Waals surface area contributed by atoms with Crippen LogP contribution in [0.15, 0.2) is 4.79 Å². The van der Waals surface area contributed by atoms with E-state index in [0.29, 0.717) is 11.2 Å². The Morgan fingerprint density at radius 1 is 1.24 bits per heavy atom. The van der Waals surface area contributed by atoms with Crippen LogP contribution in [-0.2, 0) is 5.41 Å². The summed E-state index contributed by atoms with van der Waals surface area (Å²) in [5.41, 5.74) is 6.12. The molecule has 6 nitrogen and oxygen atoms in total. The average molecular weight is 233 g/mol. The fourth-order valence-corrected chi connectivity index (χ4v) is 2.60. The second-order valence-electron chi connectivity index (χ2n) is 5.00. The molecule has 6 heteroatoms. The van der Waals surface area contributed by atoms with E-state index in [4.69, 9.17) is 5.73 Å². The third kappa shape index (κ3) is 1.51. The summed E-state index contributed by atoms with van der Waals surface area (Å²) in [5, 5.41) is 0. The number of aromatic amines is 2. The summed E-state index contributed by atoms with van der Waals surface area (Å²) in [4.78, 5) is 25.7. The van der Waals surface area contributed by atoms with Crippen LogP contribution in [-0.4, -0.2) is 19.9 Å². The molecule has 0 bridgehead atoms. The maximum atomic E-state index is 11.7.